The van der Waals surface area contributed by atoms with E-state index in [0.29, 0.717) is 5.56 Å². The Morgan fingerprint density at radius 1 is 0.950 bits per heavy atom. The minimum Gasteiger partial charge on any atom is -0.355 e. The van der Waals surface area contributed by atoms with Crippen molar-refractivity contribution >= 4 is 17.5 Å². The molecular weight excluding hydrogens is 272 g/mol. The smallest absolute Gasteiger partial charge is 0.251 e. The number of rotatable bonds is 5. The highest BCUT2D eigenvalue weighted by atomic mass is 35.5. The van der Waals surface area contributed by atoms with Crippen molar-refractivity contribution in [3.63, 3.8) is 0 Å². The molecule has 2 aromatic carbocycles. The predicted molar refractivity (Wildman–Crippen MR) is 81.8 cm³/mol. The fourth-order valence-corrected chi connectivity index (χ4v) is 2.00. The van der Waals surface area contributed by atoms with E-state index in [1.165, 1.54) is 5.56 Å². The van der Waals surface area contributed by atoms with Crippen molar-refractivity contribution in [2.45, 2.75) is 13.1 Å². The van der Waals surface area contributed by atoms with Crippen molar-refractivity contribution in [2.24, 2.45) is 0 Å². The summed E-state index contributed by atoms with van der Waals surface area (Å²) in [7, 11) is 1.63. The molecule has 0 aliphatic rings. The van der Waals surface area contributed by atoms with E-state index in [2.05, 4.69) is 10.6 Å². The second kappa shape index (κ2) is 7.08. The summed E-state index contributed by atoms with van der Waals surface area (Å²) in [5.41, 5.74) is 3.01. The topological polar surface area (TPSA) is 41.1 Å². The molecule has 1 amide bonds. The molecule has 0 heterocycles. The van der Waals surface area contributed by atoms with Crippen LogP contribution < -0.4 is 10.6 Å². The zero-order valence-corrected chi connectivity index (χ0v) is 12.1. The lowest BCUT2D eigenvalue weighted by atomic mass is 10.1. The summed E-state index contributed by atoms with van der Waals surface area (Å²) in [6.45, 7) is 1.55. The van der Waals surface area contributed by atoms with Crippen LogP contribution in [0, 0.1) is 0 Å². The van der Waals surface area contributed by atoms with Crippen molar-refractivity contribution in [2.75, 3.05) is 7.05 Å². The minimum absolute atomic E-state index is 0.0642. The molecule has 0 saturated heterocycles. The minimum atomic E-state index is -0.0642. The van der Waals surface area contributed by atoms with Crippen LogP contribution in [0.15, 0.2) is 48.5 Å². The number of halogens is 1. The predicted octanol–water partition coefficient (Wildman–Crippen LogP) is 2.99. The van der Waals surface area contributed by atoms with Gasteiger partial charge in [-0.05, 0) is 35.4 Å². The normalized spacial score (nSPS) is 10.3. The molecule has 0 fully saturated rings. The van der Waals surface area contributed by atoms with E-state index in [1.54, 1.807) is 7.05 Å². The van der Waals surface area contributed by atoms with E-state index in [4.69, 9.17) is 11.6 Å². The first kappa shape index (κ1) is 14.6. The lowest BCUT2D eigenvalue weighted by molar-refractivity contribution is 0.0963. The molecule has 0 radical (unpaired) electrons. The van der Waals surface area contributed by atoms with Gasteiger partial charge >= 0.3 is 0 Å². The van der Waals surface area contributed by atoms with Crippen LogP contribution in [-0.4, -0.2) is 13.0 Å². The van der Waals surface area contributed by atoms with Gasteiger partial charge in [-0.3, -0.25) is 4.79 Å². The van der Waals surface area contributed by atoms with Gasteiger partial charge in [0.1, 0.15) is 0 Å². The third-order valence-corrected chi connectivity index (χ3v) is 3.27. The Morgan fingerprint density at radius 3 is 1.95 bits per heavy atom. The van der Waals surface area contributed by atoms with Gasteiger partial charge in [-0.2, -0.15) is 0 Å². The van der Waals surface area contributed by atoms with E-state index in [-0.39, 0.29) is 5.91 Å². The maximum atomic E-state index is 11.4. The Labute approximate surface area is 124 Å². The van der Waals surface area contributed by atoms with Gasteiger partial charge in [0.05, 0.1) is 0 Å². The van der Waals surface area contributed by atoms with Gasteiger partial charge in [-0.1, -0.05) is 35.9 Å². The molecule has 0 atom stereocenters. The first-order valence-electron chi connectivity index (χ1n) is 6.45. The largest absolute Gasteiger partial charge is 0.355 e. The van der Waals surface area contributed by atoms with Crippen molar-refractivity contribution < 1.29 is 4.79 Å². The van der Waals surface area contributed by atoms with Gasteiger partial charge in [0.15, 0.2) is 0 Å². The van der Waals surface area contributed by atoms with Crippen LogP contribution in [0.4, 0.5) is 0 Å². The number of nitrogens with one attached hydrogen (secondary N) is 2. The van der Waals surface area contributed by atoms with E-state index >= 15 is 0 Å². The maximum Gasteiger partial charge on any atom is 0.251 e. The second-order valence-corrected chi connectivity index (χ2v) is 4.94. The van der Waals surface area contributed by atoms with E-state index < -0.39 is 0 Å². The third-order valence-electron chi connectivity index (χ3n) is 3.01. The maximum absolute atomic E-state index is 11.4. The number of carbonyl (C=O) groups is 1. The molecular formula is C16H17ClN2O. The average molecular weight is 289 g/mol. The number of hydrogen-bond acceptors (Lipinski definition) is 2. The van der Waals surface area contributed by atoms with Crippen molar-refractivity contribution in [3.05, 3.63) is 70.2 Å². The molecule has 0 aromatic heterocycles. The highest BCUT2D eigenvalue weighted by Crippen LogP contribution is 2.09. The monoisotopic (exact) mass is 288 g/mol. The first-order chi connectivity index (χ1) is 9.69. The first-order valence-corrected chi connectivity index (χ1v) is 6.83. The van der Waals surface area contributed by atoms with Crippen LogP contribution in [0.25, 0.3) is 0 Å². The number of hydrogen-bond donors (Lipinski definition) is 2. The molecule has 0 unspecified atom stereocenters. The summed E-state index contributed by atoms with van der Waals surface area (Å²) in [4.78, 5) is 11.4. The highest BCUT2D eigenvalue weighted by molar-refractivity contribution is 6.30. The van der Waals surface area contributed by atoms with Crippen LogP contribution >= 0.6 is 11.6 Å². The molecule has 2 aromatic rings. The number of amides is 1. The summed E-state index contributed by atoms with van der Waals surface area (Å²) < 4.78 is 0. The zero-order chi connectivity index (χ0) is 14.4. The van der Waals surface area contributed by atoms with Crippen LogP contribution in [0.3, 0.4) is 0 Å². The molecule has 0 bridgehead atoms. The van der Waals surface area contributed by atoms with E-state index in [1.807, 2.05) is 48.5 Å². The van der Waals surface area contributed by atoms with Crippen molar-refractivity contribution in [1.82, 2.24) is 10.6 Å². The summed E-state index contributed by atoms with van der Waals surface area (Å²) in [5, 5.41) is 6.71. The number of benzene rings is 2. The van der Waals surface area contributed by atoms with Crippen LogP contribution in [0.1, 0.15) is 21.5 Å². The second-order valence-electron chi connectivity index (χ2n) is 4.51. The zero-order valence-electron chi connectivity index (χ0n) is 11.3. The Hall–Kier alpha value is -1.84. The highest BCUT2D eigenvalue weighted by Gasteiger charge is 2.02. The molecule has 2 rings (SSSR count). The van der Waals surface area contributed by atoms with E-state index in [9.17, 15) is 4.79 Å². The Bertz CT molecular complexity index is 564. The summed E-state index contributed by atoms with van der Waals surface area (Å²) >= 11 is 5.84. The van der Waals surface area contributed by atoms with E-state index in [0.717, 1.165) is 23.7 Å². The van der Waals surface area contributed by atoms with Gasteiger partial charge in [-0.15, -0.1) is 0 Å². The molecule has 104 valence electrons. The molecule has 2 N–H and O–H groups in total. The number of carbonyl (C=O) groups excluding carboxylic acids is 1. The molecule has 0 aliphatic carbocycles. The molecule has 0 saturated carbocycles. The fourth-order valence-electron chi connectivity index (χ4n) is 1.87. The Kier molecular flexibility index (Phi) is 5.16. The summed E-state index contributed by atoms with van der Waals surface area (Å²) in [6.07, 6.45) is 0. The molecule has 0 spiro atoms. The van der Waals surface area contributed by atoms with Crippen LogP contribution in [-0.2, 0) is 13.1 Å². The molecule has 4 heteroatoms. The summed E-state index contributed by atoms with van der Waals surface area (Å²) in [6, 6.07) is 15.4. The van der Waals surface area contributed by atoms with Gasteiger partial charge in [0.25, 0.3) is 5.91 Å². The standard InChI is InChI=1S/C16H17ClN2O/c1-18-16(20)14-6-2-12(3-7-14)10-19-11-13-4-8-15(17)9-5-13/h2-9,19H,10-11H2,1H3,(H,18,20). The Morgan fingerprint density at radius 2 is 1.45 bits per heavy atom. The third kappa shape index (κ3) is 4.08. The van der Waals surface area contributed by atoms with Gasteiger partial charge in [-0.25, -0.2) is 0 Å². The average Bonchev–Trinajstić information content (AvgIpc) is 2.49. The molecule has 0 aliphatic heterocycles. The van der Waals surface area contributed by atoms with Crippen molar-refractivity contribution in [1.29, 1.82) is 0 Å². The van der Waals surface area contributed by atoms with Gasteiger partial charge in [0, 0.05) is 30.7 Å². The Balaban J connectivity index is 1.85. The fraction of sp³-hybridized carbons (Fsp3) is 0.188. The molecule has 20 heavy (non-hydrogen) atoms. The SMILES string of the molecule is CNC(=O)c1ccc(CNCc2ccc(Cl)cc2)cc1. The van der Waals surface area contributed by atoms with Crippen LogP contribution in [0.5, 0.6) is 0 Å². The van der Waals surface area contributed by atoms with Gasteiger partial charge < -0.3 is 10.6 Å². The lowest BCUT2D eigenvalue weighted by Gasteiger charge is -2.06. The molecule has 3 nitrogen and oxygen atoms in total. The lowest BCUT2D eigenvalue weighted by Crippen LogP contribution is -2.18. The van der Waals surface area contributed by atoms with Gasteiger partial charge in [0.2, 0.25) is 0 Å². The van der Waals surface area contributed by atoms with Crippen molar-refractivity contribution in [3.8, 4) is 0 Å². The van der Waals surface area contributed by atoms with Crippen LogP contribution in [0.2, 0.25) is 5.02 Å². The quantitative estimate of drug-likeness (QED) is 0.888. The summed E-state index contributed by atoms with van der Waals surface area (Å²) in [5.74, 6) is -0.0642.